The van der Waals surface area contributed by atoms with Crippen molar-refractivity contribution in [1.82, 2.24) is 5.32 Å². The maximum Gasteiger partial charge on any atom is 0.321 e. The first-order valence-corrected chi connectivity index (χ1v) is 7.54. The highest BCUT2D eigenvalue weighted by Crippen LogP contribution is 2.22. The fraction of sp³-hybridized carbons (Fsp3) is 0.316. The first kappa shape index (κ1) is 16.1. The lowest BCUT2D eigenvalue weighted by atomic mass is 9.84. The van der Waals surface area contributed by atoms with Crippen molar-refractivity contribution < 1.29 is 4.79 Å². The molecule has 116 valence electrons. The summed E-state index contributed by atoms with van der Waals surface area (Å²) in [6, 6.07) is 18.0. The molecule has 1 N–H and O–H groups in total. The third-order valence-electron chi connectivity index (χ3n) is 3.96. The monoisotopic (exact) mass is 296 g/mol. The van der Waals surface area contributed by atoms with Crippen molar-refractivity contribution in [3.05, 3.63) is 65.7 Å². The number of hydrogen-bond acceptors (Lipinski definition) is 1. The quantitative estimate of drug-likeness (QED) is 0.904. The molecule has 0 radical (unpaired) electrons. The molecule has 0 atom stereocenters. The lowest BCUT2D eigenvalue weighted by Gasteiger charge is -2.27. The number of carbonyl (C=O) groups excluding carboxylic acids is 1. The highest BCUT2D eigenvalue weighted by atomic mass is 16.2. The molecule has 0 unspecified atom stereocenters. The van der Waals surface area contributed by atoms with Crippen molar-refractivity contribution in [3.8, 4) is 0 Å². The summed E-state index contributed by atoms with van der Waals surface area (Å²) in [5, 5.41) is 3.02. The molecule has 0 aliphatic heterocycles. The number of rotatable bonds is 4. The van der Waals surface area contributed by atoms with Gasteiger partial charge >= 0.3 is 6.03 Å². The first-order chi connectivity index (χ1) is 10.4. The number of nitrogens with one attached hydrogen (secondary N) is 1. The van der Waals surface area contributed by atoms with Crippen LogP contribution in [0, 0.1) is 6.92 Å². The molecule has 0 fully saturated rings. The van der Waals surface area contributed by atoms with Crippen molar-refractivity contribution >= 4 is 11.7 Å². The van der Waals surface area contributed by atoms with Crippen LogP contribution in [0.3, 0.4) is 0 Å². The minimum Gasteiger partial charge on any atom is -0.337 e. The molecule has 0 aliphatic carbocycles. The Kier molecular flexibility index (Phi) is 4.86. The topological polar surface area (TPSA) is 32.3 Å². The minimum atomic E-state index is -0.110. The zero-order chi connectivity index (χ0) is 16.2. The van der Waals surface area contributed by atoms with Gasteiger partial charge in [0.1, 0.15) is 0 Å². The van der Waals surface area contributed by atoms with Gasteiger partial charge in [-0.2, -0.15) is 0 Å². The zero-order valence-corrected chi connectivity index (χ0v) is 13.8. The molecule has 0 saturated heterocycles. The second kappa shape index (κ2) is 6.65. The summed E-state index contributed by atoms with van der Waals surface area (Å²) in [5.74, 6) is 0. The van der Waals surface area contributed by atoms with E-state index in [9.17, 15) is 4.79 Å². The standard InChI is InChI=1S/C19H24N2O/c1-15-10-12-16(13-11-15)19(2,3)14-20-18(22)21(4)17-8-6-5-7-9-17/h5-13H,14H2,1-4H3,(H,20,22). The van der Waals surface area contributed by atoms with Crippen molar-refractivity contribution in [2.75, 3.05) is 18.5 Å². The van der Waals surface area contributed by atoms with E-state index in [1.807, 2.05) is 30.3 Å². The average molecular weight is 296 g/mol. The molecular weight excluding hydrogens is 272 g/mol. The maximum absolute atomic E-state index is 12.3. The van der Waals surface area contributed by atoms with Gasteiger partial charge in [-0.3, -0.25) is 4.90 Å². The van der Waals surface area contributed by atoms with Crippen LogP contribution in [-0.2, 0) is 5.41 Å². The molecule has 2 amide bonds. The summed E-state index contributed by atoms with van der Waals surface area (Å²) < 4.78 is 0. The van der Waals surface area contributed by atoms with Crippen molar-refractivity contribution in [2.24, 2.45) is 0 Å². The van der Waals surface area contributed by atoms with Crippen LogP contribution in [0.15, 0.2) is 54.6 Å². The molecule has 0 bridgehead atoms. The van der Waals surface area contributed by atoms with Crippen molar-refractivity contribution in [3.63, 3.8) is 0 Å². The predicted octanol–water partition coefficient (Wildman–Crippen LogP) is 4.12. The van der Waals surface area contributed by atoms with Gasteiger partial charge in [0, 0.05) is 24.7 Å². The Hall–Kier alpha value is -2.29. The fourth-order valence-electron chi connectivity index (χ4n) is 2.29. The van der Waals surface area contributed by atoms with Gasteiger partial charge in [-0.25, -0.2) is 4.79 Å². The smallest absolute Gasteiger partial charge is 0.321 e. The predicted molar refractivity (Wildman–Crippen MR) is 92.4 cm³/mol. The molecule has 2 rings (SSSR count). The Morgan fingerprint density at radius 3 is 2.23 bits per heavy atom. The summed E-state index contributed by atoms with van der Waals surface area (Å²) in [4.78, 5) is 13.9. The van der Waals surface area contributed by atoms with Gasteiger partial charge in [-0.05, 0) is 24.6 Å². The molecule has 3 heteroatoms. The van der Waals surface area contributed by atoms with Gasteiger partial charge in [0.2, 0.25) is 0 Å². The minimum absolute atomic E-state index is 0.0913. The highest BCUT2D eigenvalue weighted by Gasteiger charge is 2.22. The number of nitrogens with zero attached hydrogens (tertiary/aromatic N) is 1. The normalized spacial score (nSPS) is 11.1. The van der Waals surface area contributed by atoms with Crippen LogP contribution >= 0.6 is 0 Å². The zero-order valence-electron chi connectivity index (χ0n) is 13.8. The first-order valence-electron chi connectivity index (χ1n) is 7.54. The van der Waals surface area contributed by atoms with Gasteiger partial charge in [-0.15, -0.1) is 0 Å². The number of carbonyl (C=O) groups is 1. The summed E-state index contributed by atoms with van der Waals surface area (Å²) in [7, 11) is 1.78. The number of hydrogen-bond donors (Lipinski definition) is 1. The number of urea groups is 1. The van der Waals surface area contributed by atoms with Crippen LogP contribution < -0.4 is 10.2 Å². The van der Waals surface area contributed by atoms with Crippen molar-refractivity contribution in [2.45, 2.75) is 26.2 Å². The number of para-hydroxylation sites is 1. The van der Waals surface area contributed by atoms with E-state index in [2.05, 4.69) is 50.4 Å². The lowest BCUT2D eigenvalue weighted by molar-refractivity contribution is 0.245. The van der Waals surface area contributed by atoms with Gasteiger partial charge in [-0.1, -0.05) is 61.9 Å². The number of benzene rings is 2. The van der Waals surface area contributed by atoms with Crippen molar-refractivity contribution in [1.29, 1.82) is 0 Å². The lowest BCUT2D eigenvalue weighted by Crippen LogP contribution is -2.43. The van der Waals surface area contributed by atoms with Crippen LogP contribution in [-0.4, -0.2) is 19.6 Å². The second-order valence-corrected chi connectivity index (χ2v) is 6.30. The van der Waals surface area contributed by atoms with Crippen LogP contribution in [0.25, 0.3) is 0 Å². The largest absolute Gasteiger partial charge is 0.337 e. The van der Waals surface area contributed by atoms with Crippen LogP contribution in [0.2, 0.25) is 0 Å². The average Bonchev–Trinajstić information content (AvgIpc) is 2.53. The van der Waals surface area contributed by atoms with E-state index in [1.165, 1.54) is 11.1 Å². The van der Waals surface area contributed by atoms with E-state index in [4.69, 9.17) is 0 Å². The van der Waals surface area contributed by atoms with E-state index in [0.29, 0.717) is 6.54 Å². The molecule has 3 nitrogen and oxygen atoms in total. The van der Waals surface area contributed by atoms with Gasteiger partial charge < -0.3 is 5.32 Å². The Morgan fingerprint density at radius 2 is 1.64 bits per heavy atom. The van der Waals surface area contributed by atoms with Crippen LogP contribution in [0.1, 0.15) is 25.0 Å². The molecule has 2 aromatic carbocycles. The molecule has 0 saturated carbocycles. The Labute approximate surface area is 133 Å². The fourth-order valence-corrected chi connectivity index (χ4v) is 2.29. The van der Waals surface area contributed by atoms with Crippen LogP contribution in [0.4, 0.5) is 10.5 Å². The van der Waals surface area contributed by atoms with Crippen LogP contribution in [0.5, 0.6) is 0 Å². The Bertz CT molecular complexity index is 618. The Balaban J connectivity index is 1.99. The molecule has 0 heterocycles. The molecule has 0 aliphatic rings. The third-order valence-corrected chi connectivity index (χ3v) is 3.96. The Morgan fingerprint density at radius 1 is 1.05 bits per heavy atom. The van der Waals surface area contributed by atoms with E-state index in [1.54, 1.807) is 11.9 Å². The summed E-state index contributed by atoms with van der Waals surface area (Å²) >= 11 is 0. The van der Waals surface area contributed by atoms with Gasteiger partial charge in [0.05, 0.1) is 0 Å². The summed E-state index contributed by atoms with van der Waals surface area (Å²) in [6.45, 7) is 6.94. The highest BCUT2D eigenvalue weighted by molar-refractivity contribution is 5.91. The van der Waals surface area contributed by atoms with Gasteiger partial charge in [0.25, 0.3) is 0 Å². The SMILES string of the molecule is Cc1ccc(C(C)(C)CNC(=O)N(C)c2ccccc2)cc1. The van der Waals surface area contributed by atoms with Gasteiger partial charge in [0.15, 0.2) is 0 Å². The molecule has 2 aromatic rings. The van der Waals surface area contributed by atoms with E-state index >= 15 is 0 Å². The molecular formula is C19H24N2O. The number of amides is 2. The van der Waals surface area contributed by atoms with E-state index in [0.717, 1.165) is 5.69 Å². The molecule has 22 heavy (non-hydrogen) atoms. The molecule has 0 spiro atoms. The number of aryl methyl sites for hydroxylation is 1. The second-order valence-electron chi connectivity index (χ2n) is 6.30. The van der Waals surface area contributed by atoms with E-state index in [-0.39, 0.29) is 11.4 Å². The number of anilines is 1. The molecule has 0 aromatic heterocycles. The maximum atomic E-state index is 12.3. The summed E-state index contributed by atoms with van der Waals surface area (Å²) in [5.41, 5.74) is 3.24. The van der Waals surface area contributed by atoms with E-state index < -0.39 is 0 Å². The third kappa shape index (κ3) is 3.88. The summed E-state index contributed by atoms with van der Waals surface area (Å²) in [6.07, 6.45) is 0.